The van der Waals surface area contributed by atoms with E-state index >= 15 is 0 Å². The Kier molecular flexibility index (Phi) is 14.4. The van der Waals surface area contributed by atoms with Crippen LogP contribution < -0.4 is 0 Å². The predicted molar refractivity (Wildman–Crippen MR) is 146 cm³/mol. The molecule has 0 radical (unpaired) electrons. The number of carbonyl (C=O) groups excluding carboxylic acids is 3. The Bertz CT molecular complexity index is 886. The molecule has 0 amide bonds. The van der Waals surface area contributed by atoms with Gasteiger partial charge in [0.15, 0.2) is 0 Å². The van der Waals surface area contributed by atoms with Crippen molar-refractivity contribution in [1.29, 1.82) is 0 Å². The molecule has 1 aromatic carbocycles. The zero-order chi connectivity index (χ0) is 29.1. The summed E-state index contributed by atoms with van der Waals surface area (Å²) in [5.74, 6) is -2.25. The van der Waals surface area contributed by atoms with Crippen molar-refractivity contribution in [2.75, 3.05) is 19.8 Å². The number of rotatable bonds is 15. The summed E-state index contributed by atoms with van der Waals surface area (Å²) in [5, 5.41) is 10.8. The number of hydrogen-bond donors (Lipinski definition) is 1. The van der Waals surface area contributed by atoms with Gasteiger partial charge in [0.1, 0.15) is 18.5 Å². The smallest absolute Gasteiger partial charge is 0.465 e. The summed E-state index contributed by atoms with van der Waals surface area (Å²) >= 11 is 17.0. The molecule has 0 fully saturated rings. The molecule has 0 aromatic heterocycles. The van der Waals surface area contributed by atoms with Crippen LogP contribution in [0.3, 0.4) is 0 Å². The van der Waals surface area contributed by atoms with E-state index in [0.29, 0.717) is 6.61 Å². The van der Waals surface area contributed by atoms with Crippen LogP contribution in [0.4, 0.5) is 4.79 Å². The van der Waals surface area contributed by atoms with E-state index in [1.807, 2.05) is 44.2 Å². The summed E-state index contributed by atoms with van der Waals surface area (Å²) in [7, 11) is 0. The zero-order valence-electron chi connectivity index (χ0n) is 22.7. The van der Waals surface area contributed by atoms with Crippen LogP contribution in [-0.2, 0) is 35.1 Å². The number of ether oxygens (including phenoxy) is 4. The lowest BCUT2D eigenvalue weighted by molar-refractivity contribution is -0.152. The molecule has 0 bridgehead atoms. The number of alkyl halides is 3. The quantitative estimate of drug-likeness (QED) is 0.196. The average molecular weight is 598 g/mol. The van der Waals surface area contributed by atoms with Gasteiger partial charge >= 0.3 is 12.1 Å². The number of halogens is 3. The maximum Gasteiger partial charge on any atom is 0.508 e. The van der Waals surface area contributed by atoms with Crippen molar-refractivity contribution in [3.05, 3.63) is 35.9 Å². The molecule has 0 saturated heterocycles. The van der Waals surface area contributed by atoms with E-state index in [9.17, 15) is 19.5 Å². The van der Waals surface area contributed by atoms with Crippen LogP contribution >= 0.6 is 34.8 Å². The number of ketones is 1. The lowest BCUT2D eigenvalue weighted by Crippen LogP contribution is -2.47. The van der Waals surface area contributed by atoms with E-state index < -0.39 is 57.8 Å². The van der Waals surface area contributed by atoms with Crippen molar-refractivity contribution in [1.82, 2.24) is 0 Å². The number of hydrogen-bond acceptors (Lipinski definition) is 8. The van der Waals surface area contributed by atoms with E-state index in [1.165, 1.54) is 13.8 Å². The molecule has 0 spiro atoms. The first-order valence-corrected chi connectivity index (χ1v) is 13.6. The van der Waals surface area contributed by atoms with Crippen LogP contribution in [-0.4, -0.2) is 58.8 Å². The van der Waals surface area contributed by atoms with Crippen LogP contribution in [0, 0.1) is 23.2 Å². The normalized spacial score (nSPS) is 15.3. The summed E-state index contributed by atoms with van der Waals surface area (Å²) in [6, 6.07) is 9.50. The second-order valence-electron chi connectivity index (χ2n) is 10.4. The van der Waals surface area contributed by atoms with Crippen molar-refractivity contribution in [3.63, 3.8) is 0 Å². The Morgan fingerprint density at radius 2 is 1.55 bits per heavy atom. The summed E-state index contributed by atoms with van der Waals surface area (Å²) in [6.07, 6.45) is -3.80. The summed E-state index contributed by atoms with van der Waals surface area (Å²) in [5.41, 5.74) is -0.402. The maximum atomic E-state index is 13.5. The third kappa shape index (κ3) is 12.5. The molecule has 11 heteroatoms. The summed E-state index contributed by atoms with van der Waals surface area (Å²) in [6.45, 7) is 10.3. The van der Waals surface area contributed by atoms with Crippen LogP contribution in [0.2, 0.25) is 0 Å². The third-order valence-corrected chi connectivity index (χ3v) is 6.28. The number of benzene rings is 1. The predicted octanol–water partition coefficient (Wildman–Crippen LogP) is 5.91. The van der Waals surface area contributed by atoms with Gasteiger partial charge < -0.3 is 24.1 Å². The standard InChI is InChI=1S/C27H39Cl3O8/c1-17(2)13-36-22(32)12-21(31)26(5,6)24(33)19(4)23(38-25(34)37-16-27(28,29)30)18(3)14-35-15-20-10-8-7-9-11-20/h7-11,17-19,21,23,31H,12-16H2,1-6H3/t18-,19+,21?,23-/m0/s1. The van der Waals surface area contributed by atoms with Gasteiger partial charge in [-0.3, -0.25) is 9.59 Å². The molecule has 0 aliphatic rings. The highest BCUT2D eigenvalue weighted by molar-refractivity contribution is 6.67. The van der Waals surface area contributed by atoms with Crippen molar-refractivity contribution >= 4 is 52.7 Å². The minimum atomic E-state index is -1.84. The number of carbonyl (C=O) groups is 3. The number of esters is 1. The van der Waals surface area contributed by atoms with E-state index in [-0.39, 0.29) is 25.6 Å². The lowest BCUT2D eigenvalue weighted by Gasteiger charge is -2.35. The summed E-state index contributed by atoms with van der Waals surface area (Å²) < 4.78 is 19.5. The Labute approximate surface area is 240 Å². The van der Waals surface area contributed by atoms with Crippen LogP contribution in [0.15, 0.2) is 30.3 Å². The molecule has 38 heavy (non-hydrogen) atoms. The molecule has 0 aliphatic heterocycles. The minimum Gasteiger partial charge on any atom is -0.465 e. The molecule has 1 N–H and O–H groups in total. The number of aliphatic hydroxyl groups excluding tert-OH is 1. The molecular formula is C27H39Cl3O8. The highest BCUT2D eigenvalue weighted by Crippen LogP contribution is 2.33. The fourth-order valence-electron chi connectivity index (χ4n) is 3.66. The van der Waals surface area contributed by atoms with Crippen LogP contribution in [0.25, 0.3) is 0 Å². The number of Topliss-reactive ketones (excluding diaryl/α,β-unsaturated/α-hetero) is 1. The molecule has 1 aromatic rings. The molecule has 0 saturated carbocycles. The first-order chi connectivity index (χ1) is 17.5. The molecule has 1 unspecified atom stereocenters. The van der Waals surface area contributed by atoms with Gasteiger partial charge in [-0.15, -0.1) is 0 Å². The van der Waals surface area contributed by atoms with Gasteiger partial charge in [-0.25, -0.2) is 4.79 Å². The van der Waals surface area contributed by atoms with Gasteiger partial charge in [0.05, 0.1) is 43.7 Å². The van der Waals surface area contributed by atoms with E-state index in [4.69, 9.17) is 53.8 Å². The fourth-order valence-corrected chi connectivity index (χ4v) is 3.82. The van der Waals surface area contributed by atoms with Crippen molar-refractivity contribution in [2.45, 2.75) is 70.6 Å². The van der Waals surface area contributed by atoms with E-state index in [2.05, 4.69) is 0 Å². The van der Waals surface area contributed by atoms with E-state index in [1.54, 1.807) is 13.8 Å². The Hall–Kier alpha value is -1.58. The lowest BCUT2D eigenvalue weighted by atomic mass is 9.73. The molecule has 0 aliphatic carbocycles. The maximum absolute atomic E-state index is 13.5. The van der Waals surface area contributed by atoms with Crippen LogP contribution in [0.5, 0.6) is 0 Å². The average Bonchev–Trinajstić information content (AvgIpc) is 2.83. The highest BCUT2D eigenvalue weighted by atomic mass is 35.6. The molecule has 1 rings (SSSR count). The fraction of sp³-hybridized carbons (Fsp3) is 0.667. The van der Waals surface area contributed by atoms with Gasteiger partial charge in [-0.05, 0) is 11.5 Å². The molecule has 4 atom stereocenters. The Balaban J connectivity index is 2.97. The number of aliphatic hydroxyl groups is 1. The molecule has 216 valence electrons. The zero-order valence-corrected chi connectivity index (χ0v) is 25.0. The third-order valence-electron chi connectivity index (χ3n) is 5.95. The highest BCUT2D eigenvalue weighted by Gasteiger charge is 2.44. The van der Waals surface area contributed by atoms with Crippen molar-refractivity contribution in [2.24, 2.45) is 23.2 Å². The summed E-state index contributed by atoms with van der Waals surface area (Å²) in [4.78, 5) is 38.1. The first kappa shape index (κ1) is 34.4. The molecule has 8 nitrogen and oxygen atoms in total. The SMILES string of the molecule is CC(C)COC(=O)CC(O)C(C)(C)C(=O)[C@H](C)[C@@H](OC(=O)OCC(Cl)(Cl)Cl)[C@@H](C)COCc1ccccc1. The first-order valence-electron chi connectivity index (χ1n) is 12.4. The minimum absolute atomic E-state index is 0.135. The van der Waals surface area contributed by atoms with Crippen molar-refractivity contribution in [3.8, 4) is 0 Å². The topological polar surface area (TPSA) is 108 Å². The van der Waals surface area contributed by atoms with Crippen molar-refractivity contribution < 1.29 is 38.4 Å². The van der Waals surface area contributed by atoms with E-state index in [0.717, 1.165) is 5.56 Å². The largest absolute Gasteiger partial charge is 0.508 e. The van der Waals surface area contributed by atoms with Crippen LogP contribution in [0.1, 0.15) is 53.5 Å². The van der Waals surface area contributed by atoms with Gasteiger partial charge in [-0.1, -0.05) is 107 Å². The second-order valence-corrected chi connectivity index (χ2v) is 12.9. The Morgan fingerprint density at radius 1 is 0.947 bits per heavy atom. The second kappa shape index (κ2) is 15.9. The van der Waals surface area contributed by atoms with Gasteiger partial charge in [0.25, 0.3) is 0 Å². The van der Waals surface area contributed by atoms with Gasteiger partial charge in [0, 0.05) is 5.92 Å². The van der Waals surface area contributed by atoms with Gasteiger partial charge in [-0.2, -0.15) is 0 Å². The molecule has 0 heterocycles. The monoisotopic (exact) mass is 596 g/mol. The van der Waals surface area contributed by atoms with Gasteiger partial charge in [0.2, 0.25) is 3.79 Å². The molecular weight excluding hydrogens is 559 g/mol. The Morgan fingerprint density at radius 3 is 2.11 bits per heavy atom.